The minimum atomic E-state index is -0.329. The first-order valence-corrected chi connectivity index (χ1v) is 10.3. The lowest BCUT2D eigenvalue weighted by Gasteiger charge is -2.14. The predicted octanol–water partition coefficient (Wildman–Crippen LogP) is 6.01. The number of benzene rings is 2. The predicted molar refractivity (Wildman–Crippen MR) is 115 cm³/mol. The molecule has 2 aromatic rings. The number of likely N-dealkylation sites (N-methyl/N-ethyl adjacent to an activating group) is 1. The van der Waals surface area contributed by atoms with Gasteiger partial charge in [0.05, 0.1) is 26.5 Å². The Balaban J connectivity index is 1.84. The standard InChI is InChI=1S/C19H14BrCl2NO4S/c1-23-18(24)16(28-19(23)25)8-11-5-12(20)17(15(7-11)26-2)27-9-10-3-4-13(21)14(22)6-10/h3-8H,9H2,1-2H3/b16-8-. The molecule has 0 spiro atoms. The molecule has 0 aromatic heterocycles. The van der Waals surface area contributed by atoms with Gasteiger partial charge in [-0.15, -0.1) is 0 Å². The van der Waals surface area contributed by atoms with E-state index in [1.165, 1.54) is 14.2 Å². The Hall–Kier alpha value is -1.67. The number of thioether (sulfide) groups is 1. The van der Waals surface area contributed by atoms with E-state index in [4.69, 9.17) is 32.7 Å². The molecule has 0 N–H and O–H groups in total. The fraction of sp³-hybridized carbons (Fsp3) is 0.158. The van der Waals surface area contributed by atoms with Crippen LogP contribution in [0.15, 0.2) is 39.7 Å². The molecular weight excluding hydrogens is 489 g/mol. The molecule has 0 aliphatic carbocycles. The maximum absolute atomic E-state index is 12.1. The second-order valence-corrected chi connectivity index (χ2v) is 8.47. The molecular formula is C19H14BrCl2NO4S. The van der Waals surface area contributed by atoms with Gasteiger partial charge in [0.25, 0.3) is 11.1 Å². The van der Waals surface area contributed by atoms with Crippen LogP contribution in [0.25, 0.3) is 6.08 Å². The van der Waals surface area contributed by atoms with Gasteiger partial charge >= 0.3 is 0 Å². The summed E-state index contributed by atoms with van der Waals surface area (Å²) < 4.78 is 12.0. The molecule has 2 amide bonds. The summed E-state index contributed by atoms with van der Waals surface area (Å²) in [7, 11) is 2.98. The lowest BCUT2D eigenvalue weighted by molar-refractivity contribution is -0.121. The van der Waals surface area contributed by atoms with Crippen LogP contribution >= 0.6 is 50.9 Å². The van der Waals surface area contributed by atoms with E-state index in [0.29, 0.717) is 36.5 Å². The third kappa shape index (κ3) is 4.49. The smallest absolute Gasteiger partial charge is 0.293 e. The van der Waals surface area contributed by atoms with Gasteiger partial charge < -0.3 is 9.47 Å². The number of nitrogens with zero attached hydrogens (tertiary/aromatic N) is 1. The molecule has 0 radical (unpaired) electrons. The summed E-state index contributed by atoms with van der Waals surface area (Å²) in [4.78, 5) is 25.1. The SMILES string of the molecule is COc1cc(/C=C2\SC(=O)N(C)C2=O)cc(Br)c1OCc1ccc(Cl)c(Cl)c1. The Morgan fingerprint density at radius 1 is 1.18 bits per heavy atom. The van der Waals surface area contributed by atoms with E-state index < -0.39 is 0 Å². The molecule has 0 unspecified atom stereocenters. The third-order valence-electron chi connectivity index (χ3n) is 3.90. The van der Waals surface area contributed by atoms with E-state index >= 15 is 0 Å². The van der Waals surface area contributed by atoms with Crippen LogP contribution in [0.3, 0.4) is 0 Å². The second kappa shape index (κ2) is 8.78. The van der Waals surface area contributed by atoms with Crippen LogP contribution in [0, 0.1) is 0 Å². The molecule has 3 rings (SSSR count). The molecule has 0 atom stereocenters. The van der Waals surface area contributed by atoms with Crippen molar-refractivity contribution in [3.8, 4) is 11.5 Å². The lowest BCUT2D eigenvalue weighted by atomic mass is 10.1. The Morgan fingerprint density at radius 3 is 2.54 bits per heavy atom. The molecule has 0 bridgehead atoms. The summed E-state index contributed by atoms with van der Waals surface area (Å²) >= 11 is 16.3. The van der Waals surface area contributed by atoms with E-state index in [9.17, 15) is 9.59 Å². The number of amides is 2. The number of imide groups is 1. The van der Waals surface area contributed by atoms with Gasteiger partial charge in [-0.1, -0.05) is 29.3 Å². The molecule has 1 saturated heterocycles. The van der Waals surface area contributed by atoms with Gasteiger partial charge in [-0.2, -0.15) is 0 Å². The number of methoxy groups -OCH3 is 1. The van der Waals surface area contributed by atoms with Crippen molar-refractivity contribution in [2.45, 2.75) is 6.61 Å². The first kappa shape index (κ1) is 21.0. The molecule has 146 valence electrons. The highest BCUT2D eigenvalue weighted by molar-refractivity contribution is 9.10. The Labute approximate surface area is 184 Å². The highest BCUT2D eigenvalue weighted by Gasteiger charge is 2.31. The first-order valence-electron chi connectivity index (χ1n) is 7.96. The van der Waals surface area contributed by atoms with Gasteiger partial charge in [-0.3, -0.25) is 14.5 Å². The second-order valence-electron chi connectivity index (χ2n) is 5.81. The Bertz CT molecular complexity index is 996. The fourth-order valence-electron chi connectivity index (χ4n) is 2.45. The summed E-state index contributed by atoms with van der Waals surface area (Å²) in [6, 6.07) is 8.79. The lowest BCUT2D eigenvalue weighted by Crippen LogP contribution is -2.22. The third-order valence-corrected chi connectivity index (χ3v) is 6.19. The largest absolute Gasteiger partial charge is 0.493 e. The number of ether oxygens (including phenoxy) is 2. The average molecular weight is 503 g/mol. The van der Waals surface area contributed by atoms with Crippen LogP contribution in [0.1, 0.15) is 11.1 Å². The Kier molecular flexibility index (Phi) is 6.60. The van der Waals surface area contributed by atoms with Crippen molar-refractivity contribution in [2.75, 3.05) is 14.2 Å². The summed E-state index contributed by atoms with van der Waals surface area (Å²) in [5.74, 6) is 0.663. The average Bonchev–Trinajstić information content (AvgIpc) is 2.90. The number of hydrogen-bond donors (Lipinski definition) is 0. The fourth-order valence-corrected chi connectivity index (χ4v) is 4.17. The van der Waals surface area contributed by atoms with Gasteiger partial charge in [0.15, 0.2) is 11.5 Å². The number of rotatable bonds is 5. The maximum Gasteiger partial charge on any atom is 0.293 e. The van der Waals surface area contributed by atoms with Crippen LogP contribution < -0.4 is 9.47 Å². The normalized spacial score (nSPS) is 15.5. The van der Waals surface area contributed by atoms with E-state index in [1.807, 2.05) is 6.07 Å². The van der Waals surface area contributed by atoms with Crippen molar-refractivity contribution in [2.24, 2.45) is 0 Å². The molecule has 9 heteroatoms. The number of carbonyl (C=O) groups is 2. The van der Waals surface area contributed by atoms with E-state index in [1.54, 1.807) is 30.3 Å². The highest BCUT2D eigenvalue weighted by atomic mass is 79.9. The van der Waals surface area contributed by atoms with Crippen molar-refractivity contribution < 1.29 is 19.1 Å². The van der Waals surface area contributed by atoms with Gasteiger partial charge in [0.2, 0.25) is 0 Å². The zero-order valence-electron chi connectivity index (χ0n) is 14.8. The van der Waals surface area contributed by atoms with Crippen LogP contribution in [-0.2, 0) is 11.4 Å². The van der Waals surface area contributed by atoms with Gasteiger partial charge in [-0.05, 0) is 69.2 Å². The molecule has 1 heterocycles. The maximum atomic E-state index is 12.1. The molecule has 28 heavy (non-hydrogen) atoms. The highest BCUT2D eigenvalue weighted by Crippen LogP contribution is 2.39. The summed E-state index contributed by atoms with van der Waals surface area (Å²) in [5, 5.41) is 0.628. The minimum Gasteiger partial charge on any atom is -0.493 e. The number of hydrogen-bond acceptors (Lipinski definition) is 5. The summed E-state index contributed by atoms with van der Waals surface area (Å²) in [6.07, 6.45) is 1.64. The van der Waals surface area contributed by atoms with Gasteiger partial charge in [0.1, 0.15) is 6.61 Å². The number of carbonyl (C=O) groups excluding carboxylic acids is 2. The zero-order valence-corrected chi connectivity index (χ0v) is 18.7. The van der Waals surface area contributed by atoms with Crippen LogP contribution in [0.2, 0.25) is 10.0 Å². The molecule has 5 nitrogen and oxygen atoms in total. The molecule has 1 aliphatic heterocycles. The van der Waals surface area contributed by atoms with Crippen molar-refractivity contribution in [1.82, 2.24) is 4.90 Å². The zero-order chi connectivity index (χ0) is 20.4. The summed E-state index contributed by atoms with van der Waals surface area (Å²) in [5.41, 5.74) is 1.55. The molecule has 1 fully saturated rings. The van der Waals surface area contributed by atoms with Crippen molar-refractivity contribution >= 4 is 68.1 Å². The van der Waals surface area contributed by atoms with Crippen molar-refractivity contribution in [1.29, 1.82) is 0 Å². The number of halogens is 3. The van der Waals surface area contributed by atoms with Gasteiger partial charge in [-0.25, -0.2) is 0 Å². The van der Waals surface area contributed by atoms with Crippen LogP contribution in [-0.4, -0.2) is 30.2 Å². The quantitative estimate of drug-likeness (QED) is 0.468. The first-order chi connectivity index (χ1) is 13.3. The van der Waals surface area contributed by atoms with Crippen LogP contribution in [0.5, 0.6) is 11.5 Å². The van der Waals surface area contributed by atoms with E-state index in [2.05, 4.69) is 15.9 Å². The van der Waals surface area contributed by atoms with Gasteiger partial charge in [0, 0.05) is 7.05 Å². The minimum absolute atomic E-state index is 0.264. The van der Waals surface area contributed by atoms with E-state index in [-0.39, 0.29) is 17.8 Å². The van der Waals surface area contributed by atoms with Crippen LogP contribution in [0.4, 0.5) is 4.79 Å². The molecule has 0 saturated carbocycles. The van der Waals surface area contributed by atoms with E-state index in [0.717, 1.165) is 22.2 Å². The van der Waals surface area contributed by atoms with Crippen molar-refractivity contribution in [3.05, 3.63) is 60.9 Å². The molecule has 1 aliphatic rings. The molecule has 2 aromatic carbocycles. The van der Waals surface area contributed by atoms with Crippen molar-refractivity contribution in [3.63, 3.8) is 0 Å². The topological polar surface area (TPSA) is 55.8 Å². The Morgan fingerprint density at radius 2 is 1.93 bits per heavy atom. The monoisotopic (exact) mass is 501 g/mol. The summed E-state index contributed by atoms with van der Waals surface area (Å²) in [6.45, 7) is 0.264.